The van der Waals surface area contributed by atoms with Gasteiger partial charge in [0.1, 0.15) is 0 Å². The zero-order chi connectivity index (χ0) is 14.4. The number of hydrogen-bond donors (Lipinski definition) is 2. The number of rotatable bonds is 4. The van der Waals surface area contributed by atoms with Gasteiger partial charge in [-0.15, -0.1) is 11.8 Å². The van der Waals surface area contributed by atoms with Gasteiger partial charge in [-0.05, 0) is 36.9 Å². The van der Waals surface area contributed by atoms with Crippen LogP contribution in [0, 0.1) is 6.92 Å². The third kappa shape index (κ3) is 4.31. The first-order valence-corrected chi connectivity index (χ1v) is 7.64. The number of thioether (sulfide) groups is 1. The number of nitrogens with one attached hydrogen (secondary N) is 2. The Morgan fingerprint density at radius 2 is 1.95 bits per heavy atom. The number of aryl methyl sites for hydroxylation is 1. The molecule has 0 fully saturated rings. The van der Waals surface area contributed by atoms with Crippen molar-refractivity contribution < 1.29 is 4.79 Å². The normalized spacial score (nSPS) is 10.1. The van der Waals surface area contributed by atoms with Crippen molar-refractivity contribution in [2.24, 2.45) is 0 Å². The van der Waals surface area contributed by atoms with Crippen molar-refractivity contribution in [3.05, 3.63) is 59.7 Å². The van der Waals surface area contributed by atoms with E-state index in [0.29, 0.717) is 6.54 Å². The van der Waals surface area contributed by atoms with Gasteiger partial charge in [-0.2, -0.15) is 0 Å². The van der Waals surface area contributed by atoms with Crippen LogP contribution in [0.4, 0.5) is 10.5 Å². The Morgan fingerprint density at radius 3 is 2.70 bits per heavy atom. The molecular weight excluding hydrogens is 268 g/mol. The van der Waals surface area contributed by atoms with Crippen LogP contribution in [0.25, 0.3) is 0 Å². The average molecular weight is 286 g/mol. The molecule has 0 bridgehead atoms. The molecule has 0 saturated heterocycles. The van der Waals surface area contributed by atoms with E-state index in [1.165, 1.54) is 5.56 Å². The van der Waals surface area contributed by atoms with E-state index in [-0.39, 0.29) is 6.03 Å². The fourth-order valence-electron chi connectivity index (χ4n) is 1.88. The molecule has 2 amide bonds. The van der Waals surface area contributed by atoms with E-state index in [2.05, 4.69) is 16.7 Å². The van der Waals surface area contributed by atoms with Crippen molar-refractivity contribution in [3.8, 4) is 0 Å². The summed E-state index contributed by atoms with van der Waals surface area (Å²) in [6.07, 6.45) is 2.01. The monoisotopic (exact) mass is 286 g/mol. The first-order chi connectivity index (χ1) is 9.67. The van der Waals surface area contributed by atoms with E-state index in [9.17, 15) is 4.79 Å². The van der Waals surface area contributed by atoms with Crippen LogP contribution in [0.3, 0.4) is 0 Å². The molecule has 0 saturated carbocycles. The lowest BCUT2D eigenvalue weighted by Gasteiger charge is -2.09. The van der Waals surface area contributed by atoms with E-state index in [1.54, 1.807) is 11.8 Å². The van der Waals surface area contributed by atoms with E-state index in [0.717, 1.165) is 16.1 Å². The maximum atomic E-state index is 11.8. The summed E-state index contributed by atoms with van der Waals surface area (Å²) in [6, 6.07) is 15.7. The van der Waals surface area contributed by atoms with Gasteiger partial charge in [0, 0.05) is 17.1 Å². The van der Waals surface area contributed by atoms with Crippen LogP contribution < -0.4 is 10.6 Å². The van der Waals surface area contributed by atoms with E-state index < -0.39 is 0 Å². The third-order valence-corrected chi connectivity index (χ3v) is 3.59. The quantitative estimate of drug-likeness (QED) is 0.833. The topological polar surface area (TPSA) is 41.1 Å². The third-order valence-electron chi connectivity index (χ3n) is 2.86. The molecule has 20 heavy (non-hydrogen) atoms. The van der Waals surface area contributed by atoms with Crippen LogP contribution in [0.1, 0.15) is 11.1 Å². The molecule has 2 aromatic carbocycles. The highest BCUT2D eigenvalue weighted by Crippen LogP contribution is 2.18. The first kappa shape index (κ1) is 14.5. The number of benzene rings is 2. The number of urea groups is 1. The minimum absolute atomic E-state index is 0.190. The minimum Gasteiger partial charge on any atom is -0.334 e. The molecule has 0 unspecified atom stereocenters. The highest BCUT2D eigenvalue weighted by molar-refractivity contribution is 7.98. The molecule has 0 aliphatic heterocycles. The van der Waals surface area contributed by atoms with Gasteiger partial charge in [0.05, 0.1) is 0 Å². The maximum absolute atomic E-state index is 11.8. The lowest BCUT2D eigenvalue weighted by molar-refractivity contribution is 0.251. The van der Waals surface area contributed by atoms with Crippen LogP contribution in [-0.4, -0.2) is 12.3 Å². The summed E-state index contributed by atoms with van der Waals surface area (Å²) >= 11 is 1.65. The number of carbonyl (C=O) groups excluding carboxylic acids is 1. The van der Waals surface area contributed by atoms with E-state index in [4.69, 9.17) is 0 Å². The second kappa shape index (κ2) is 7.01. The molecule has 2 aromatic rings. The van der Waals surface area contributed by atoms with Crippen LogP contribution >= 0.6 is 11.8 Å². The summed E-state index contributed by atoms with van der Waals surface area (Å²) in [4.78, 5) is 13.0. The Balaban J connectivity index is 1.89. The summed E-state index contributed by atoms with van der Waals surface area (Å²) in [5.74, 6) is 0. The fourth-order valence-corrected chi connectivity index (χ4v) is 2.34. The summed E-state index contributed by atoms with van der Waals surface area (Å²) in [5.41, 5.74) is 3.09. The van der Waals surface area contributed by atoms with Gasteiger partial charge in [-0.1, -0.05) is 35.9 Å². The van der Waals surface area contributed by atoms with Gasteiger partial charge in [0.2, 0.25) is 0 Å². The van der Waals surface area contributed by atoms with Gasteiger partial charge >= 0.3 is 6.03 Å². The molecule has 0 heterocycles. The largest absolute Gasteiger partial charge is 0.334 e. The molecule has 0 aliphatic rings. The number of amides is 2. The highest BCUT2D eigenvalue weighted by Gasteiger charge is 2.02. The first-order valence-electron chi connectivity index (χ1n) is 6.42. The standard InChI is InChI=1S/C16H18N2OS/c1-12-5-3-6-13(9-12)11-17-16(19)18-14-7-4-8-15(10-14)20-2/h3-10H,11H2,1-2H3,(H2,17,18,19). The van der Waals surface area contributed by atoms with Crippen molar-refractivity contribution in [3.63, 3.8) is 0 Å². The second-order valence-corrected chi connectivity index (χ2v) is 5.41. The molecule has 3 nitrogen and oxygen atoms in total. The predicted octanol–water partition coefficient (Wildman–Crippen LogP) is 4.04. The molecule has 104 valence electrons. The van der Waals surface area contributed by atoms with Crippen molar-refractivity contribution in [2.75, 3.05) is 11.6 Å². The molecule has 2 N–H and O–H groups in total. The zero-order valence-corrected chi connectivity index (χ0v) is 12.5. The predicted molar refractivity (Wildman–Crippen MR) is 85.3 cm³/mol. The number of hydrogen-bond acceptors (Lipinski definition) is 2. The van der Waals surface area contributed by atoms with E-state index in [1.807, 2.05) is 55.6 Å². The molecule has 0 aromatic heterocycles. The smallest absolute Gasteiger partial charge is 0.319 e. The molecule has 0 aliphatic carbocycles. The molecule has 0 spiro atoms. The Labute approximate surface area is 123 Å². The van der Waals surface area contributed by atoms with Crippen molar-refractivity contribution in [2.45, 2.75) is 18.4 Å². The Morgan fingerprint density at radius 1 is 1.15 bits per heavy atom. The van der Waals surface area contributed by atoms with Crippen molar-refractivity contribution >= 4 is 23.5 Å². The van der Waals surface area contributed by atoms with Crippen molar-refractivity contribution in [1.29, 1.82) is 0 Å². The summed E-state index contributed by atoms with van der Waals surface area (Å²) in [5, 5.41) is 5.69. The van der Waals surface area contributed by atoms with Crippen LogP contribution in [0.5, 0.6) is 0 Å². The van der Waals surface area contributed by atoms with Crippen LogP contribution in [0.15, 0.2) is 53.4 Å². The number of anilines is 1. The van der Waals surface area contributed by atoms with Gasteiger partial charge in [0.25, 0.3) is 0 Å². The molecule has 4 heteroatoms. The average Bonchev–Trinajstić information content (AvgIpc) is 2.45. The molecular formula is C16H18N2OS. The summed E-state index contributed by atoms with van der Waals surface area (Å²) < 4.78 is 0. The van der Waals surface area contributed by atoms with Gasteiger partial charge in [0.15, 0.2) is 0 Å². The molecule has 0 radical (unpaired) electrons. The summed E-state index contributed by atoms with van der Waals surface area (Å²) in [7, 11) is 0. The van der Waals surface area contributed by atoms with E-state index >= 15 is 0 Å². The van der Waals surface area contributed by atoms with Gasteiger partial charge in [-0.25, -0.2) is 4.79 Å². The Hall–Kier alpha value is -1.94. The van der Waals surface area contributed by atoms with Gasteiger partial charge < -0.3 is 10.6 Å². The lowest BCUT2D eigenvalue weighted by atomic mass is 10.1. The SMILES string of the molecule is CSc1cccc(NC(=O)NCc2cccc(C)c2)c1. The summed E-state index contributed by atoms with van der Waals surface area (Å²) in [6.45, 7) is 2.56. The van der Waals surface area contributed by atoms with Crippen LogP contribution in [-0.2, 0) is 6.54 Å². The zero-order valence-electron chi connectivity index (χ0n) is 11.6. The Kier molecular flexibility index (Phi) is 5.07. The Bertz CT molecular complexity index is 599. The highest BCUT2D eigenvalue weighted by atomic mass is 32.2. The maximum Gasteiger partial charge on any atom is 0.319 e. The molecule has 2 rings (SSSR count). The van der Waals surface area contributed by atoms with Crippen LogP contribution in [0.2, 0.25) is 0 Å². The fraction of sp³-hybridized carbons (Fsp3) is 0.188. The van der Waals surface area contributed by atoms with Gasteiger partial charge in [-0.3, -0.25) is 0 Å². The molecule has 0 atom stereocenters. The van der Waals surface area contributed by atoms with Crippen molar-refractivity contribution in [1.82, 2.24) is 5.32 Å². The lowest BCUT2D eigenvalue weighted by Crippen LogP contribution is -2.28. The second-order valence-electron chi connectivity index (χ2n) is 4.53. The minimum atomic E-state index is -0.190. The number of carbonyl (C=O) groups is 1.